The predicted octanol–water partition coefficient (Wildman–Crippen LogP) is 5.21. The molecule has 1 unspecified atom stereocenters. The van der Waals surface area contributed by atoms with Crippen LogP contribution < -0.4 is 10.1 Å². The number of amides is 1. The third-order valence-electron chi connectivity index (χ3n) is 5.20. The SMILES string of the molecule is CCOc1ccc2nc(NC(=O)CCSc3nc4c(cc3C#N)CC(C)CC4)sc2c1. The maximum absolute atomic E-state index is 12.4. The Hall–Kier alpha value is -2.63. The van der Waals surface area contributed by atoms with E-state index in [-0.39, 0.29) is 5.91 Å². The Bertz CT molecular complexity index is 1150. The van der Waals surface area contributed by atoms with Crippen LogP contribution in [0.3, 0.4) is 0 Å². The van der Waals surface area contributed by atoms with Gasteiger partial charge in [0.05, 0.1) is 22.4 Å². The van der Waals surface area contributed by atoms with Crippen LogP contribution in [-0.2, 0) is 17.6 Å². The van der Waals surface area contributed by atoms with E-state index in [1.54, 1.807) is 0 Å². The molecule has 0 aliphatic heterocycles. The summed E-state index contributed by atoms with van der Waals surface area (Å²) < 4.78 is 6.49. The van der Waals surface area contributed by atoms with E-state index >= 15 is 0 Å². The molecule has 1 N–H and O–H groups in total. The molecule has 0 radical (unpaired) electrons. The lowest BCUT2D eigenvalue weighted by Crippen LogP contribution is -2.14. The lowest BCUT2D eigenvalue weighted by molar-refractivity contribution is -0.115. The second-order valence-electron chi connectivity index (χ2n) is 7.63. The van der Waals surface area contributed by atoms with Gasteiger partial charge in [0.15, 0.2) is 5.13 Å². The summed E-state index contributed by atoms with van der Waals surface area (Å²) in [5.74, 6) is 1.90. The number of carbonyl (C=O) groups is 1. The van der Waals surface area contributed by atoms with Gasteiger partial charge in [-0.3, -0.25) is 4.79 Å². The number of nitriles is 1. The molecule has 160 valence electrons. The first-order valence-corrected chi connectivity index (χ1v) is 12.2. The number of carbonyl (C=O) groups excluding carboxylic acids is 1. The summed E-state index contributed by atoms with van der Waals surface area (Å²) in [5, 5.41) is 13.7. The van der Waals surface area contributed by atoms with Crippen molar-refractivity contribution in [2.45, 2.75) is 44.6 Å². The van der Waals surface area contributed by atoms with Crippen molar-refractivity contribution in [3.05, 3.63) is 41.1 Å². The van der Waals surface area contributed by atoms with Gasteiger partial charge >= 0.3 is 0 Å². The topological polar surface area (TPSA) is 87.9 Å². The number of pyridine rings is 1. The first kappa shape index (κ1) is 21.6. The van der Waals surface area contributed by atoms with Crippen LogP contribution in [-0.4, -0.2) is 28.2 Å². The predicted molar refractivity (Wildman–Crippen MR) is 125 cm³/mol. The second kappa shape index (κ2) is 9.67. The fourth-order valence-corrected chi connectivity index (χ4v) is 5.48. The number of hydrogen-bond acceptors (Lipinski definition) is 7. The smallest absolute Gasteiger partial charge is 0.226 e. The van der Waals surface area contributed by atoms with E-state index in [4.69, 9.17) is 9.72 Å². The number of hydrogen-bond donors (Lipinski definition) is 1. The Kier molecular flexibility index (Phi) is 6.73. The average Bonchev–Trinajstić information content (AvgIpc) is 3.15. The van der Waals surface area contributed by atoms with Crippen LogP contribution in [0.4, 0.5) is 5.13 Å². The van der Waals surface area contributed by atoms with E-state index in [2.05, 4.69) is 23.3 Å². The van der Waals surface area contributed by atoms with Gasteiger partial charge in [0.2, 0.25) is 5.91 Å². The van der Waals surface area contributed by atoms with Crippen LogP contribution >= 0.6 is 23.1 Å². The molecule has 1 amide bonds. The molecule has 31 heavy (non-hydrogen) atoms. The molecular weight excluding hydrogens is 428 g/mol. The average molecular weight is 453 g/mol. The molecule has 0 bridgehead atoms. The summed E-state index contributed by atoms with van der Waals surface area (Å²) in [7, 11) is 0. The van der Waals surface area contributed by atoms with Gasteiger partial charge in [-0.05, 0) is 61.9 Å². The summed E-state index contributed by atoms with van der Waals surface area (Å²) in [6, 6.07) is 9.97. The van der Waals surface area contributed by atoms with Crippen LogP contribution in [0.1, 0.15) is 43.5 Å². The Morgan fingerprint density at radius 3 is 3.06 bits per heavy atom. The van der Waals surface area contributed by atoms with E-state index in [0.29, 0.717) is 35.4 Å². The fraction of sp³-hybridized carbons (Fsp3) is 0.391. The molecule has 1 atom stereocenters. The lowest BCUT2D eigenvalue weighted by Gasteiger charge is -2.21. The summed E-state index contributed by atoms with van der Waals surface area (Å²) in [6.07, 6.45) is 3.40. The Morgan fingerprint density at radius 2 is 2.26 bits per heavy atom. The van der Waals surface area contributed by atoms with Gasteiger partial charge < -0.3 is 10.1 Å². The van der Waals surface area contributed by atoms with Crippen molar-refractivity contribution in [1.82, 2.24) is 9.97 Å². The van der Waals surface area contributed by atoms with Gasteiger partial charge in [-0.2, -0.15) is 5.26 Å². The summed E-state index contributed by atoms with van der Waals surface area (Å²) >= 11 is 2.90. The Labute approximate surface area is 190 Å². The highest BCUT2D eigenvalue weighted by Gasteiger charge is 2.19. The summed E-state index contributed by atoms with van der Waals surface area (Å²) in [5.41, 5.74) is 3.74. The number of rotatable bonds is 7. The van der Waals surface area contributed by atoms with Gasteiger partial charge in [0.1, 0.15) is 16.8 Å². The van der Waals surface area contributed by atoms with Gasteiger partial charge in [0.25, 0.3) is 0 Å². The molecule has 2 heterocycles. The van der Waals surface area contributed by atoms with E-state index in [9.17, 15) is 10.1 Å². The van der Waals surface area contributed by atoms with Crippen molar-refractivity contribution in [2.75, 3.05) is 17.7 Å². The first-order chi connectivity index (χ1) is 15.1. The first-order valence-electron chi connectivity index (χ1n) is 10.4. The number of thioether (sulfide) groups is 1. The maximum Gasteiger partial charge on any atom is 0.226 e. The number of aromatic nitrogens is 2. The molecule has 1 aromatic carbocycles. The number of nitrogens with zero attached hydrogens (tertiary/aromatic N) is 3. The minimum Gasteiger partial charge on any atom is -0.494 e. The molecular formula is C23H24N4O2S2. The van der Waals surface area contributed by atoms with Crippen molar-refractivity contribution >= 4 is 44.4 Å². The minimum absolute atomic E-state index is 0.0955. The molecule has 0 saturated heterocycles. The van der Waals surface area contributed by atoms with Gasteiger partial charge in [-0.1, -0.05) is 18.3 Å². The van der Waals surface area contributed by atoms with Crippen molar-refractivity contribution in [3.8, 4) is 11.8 Å². The van der Waals surface area contributed by atoms with Crippen molar-refractivity contribution in [3.63, 3.8) is 0 Å². The quantitative estimate of drug-likeness (QED) is 0.495. The van der Waals surface area contributed by atoms with Crippen LogP contribution in [0.5, 0.6) is 5.75 Å². The highest BCUT2D eigenvalue weighted by molar-refractivity contribution is 7.99. The highest BCUT2D eigenvalue weighted by Crippen LogP contribution is 2.31. The molecule has 6 nitrogen and oxygen atoms in total. The third kappa shape index (κ3) is 5.17. The molecule has 0 spiro atoms. The van der Waals surface area contributed by atoms with E-state index in [0.717, 1.165) is 45.9 Å². The molecule has 1 aliphatic rings. The largest absolute Gasteiger partial charge is 0.494 e. The highest BCUT2D eigenvalue weighted by atomic mass is 32.2. The van der Waals surface area contributed by atoms with Crippen LogP contribution in [0.25, 0.3) is 10.2 Å². The van der Waals surface area contributed by atoms with Crippen molar-refractivity contribution in [1.29, 1.82) is 5.26 Å². The Morgan fingerprint density at radius 1 is 1.39 bits per heavy atom. The maximum atomic E-state index is 12.4. The zero-order valence-corrected chi connectivity index (χ0v) is 19.2. The number of thiazole rings is 1. The lowest BCUT2D eigenvalue weighted by atomic mass is 9.87. The number of nitrogens with one attached hydrogen (secondary N) is 1. The second-order valence-corrected chi connectivity index (χ2v) is 9.75. The summed E-state index contributed by atoms with van der Waals surface area (Å²) in [6.45, 7) is 4.79. The van der Waals surface area contributed by atoms with Gasteiger partial charge in [0, 0.05) is 17.9 Å². The number of anilines is 1. The fourth-order valence-electron chi connectivity index (χ4n) is 3.65. The number of benzene rings is 1. The van der Waals surface area contributed by atoms with Crippen LogP contribution in [0.15, 0.2) is 29.3 Å². The monoisotopic (exact) mass is 452 g/mol. The zero-order chi connectivity index (χ0) is 21.8. The van der Waals surface area contributed by atoms with E-state index in [1.807, 2.05) is 31.2 Å². The Balaban J connectivity index is 1.35. The van der Waals surface area contributed by atoms with Crippen molar-refractivity contribution < 1.29 is 9.53 Å². The molecule has 0 saturated carbocycles. The standard InChI is InChI=1S/C23H24N4O2S2/c1-3-29-17-5-7-19-20(12-17)31-23(26-19)27-21(28)8-9-30-22-16(13-24)11-15-10-14(2)4-6-18(15)25-22/h5,7,11-12,14H,3-4,6,8-10H2,1-2H3,(H,26,27,28). The summed E-state index contributed by atoms with van der Waals surface area (Å²) in [4.78, 5) is 21.6. The molecule has 8 heteroatoms. The number of fused-ring (bicyclic) bond motifs is 2. The van der Waals surface area contributed by atoms with Gasteiger partial charge in [-0.25, -0.2) is 9.97 Å². The number of aryl methyl sites for hydroxylation is 1. The molecule has 1 aliphatic carbocycles. The number of ether oxygens (including phenoxy) is 1. The minimum atomic E-state index is -0.0955. The van der Waals surface area contributed by atoms with Gasteiger partial charge in [-0.15, -0.1) is 11.8 Å². The third-order valence-corrected chi connectivity index (χ3v) is 7.13. The molecule has 2 aromatic heterocycles. The van der Waals surface area contributed by atoms with Crippen LogP contribution in [0, 0.1) is 17.2 Å². The van der Waals surface area contributed by atoms with E-state index < -0.39 is 0 Å². The molecule has 4 rings (SSSR count). The zero-order valence-electron chi connectivity index (χ0n) is 17.6. The van der Waals surface area contributed by atoms with Crippen LogP contribution in [0.2, 0.25) is 0 Å². The van der Waals surface area contributed by atoms with Crippen molar-refractivity contribution in [2.24, 2.45) is 5.92 Å². The molecule has 0 fully saturated rings. The normalized spacial score (nSPS) is 15.3. The molecule has 3 aromatic rings. The van der Waals surface area contributed by atoms with E-state index in [1.165, 1.54) is 28.7 Å².